The van der Waals surface area contributed by atoms with Crippen molar-refractivity contribution in [1.82, 2.24) is 19.4 Å². The van der Waals surface area contributed by atoms with E-state index in [9.17, 15) is 0 Å². The van der Waals surface area contributed by atoms with Crippen molar-refractivity contribution in [3.63, 3.8) is 0 Å². The standard InChI is InChI=1S/C23H30N4O/c1-18-7-6-8-19(2)23(18)28-16-15-27-21-10-5-4-9-20(21)24-22(27)17-26-13-11-25(3)12-14-26/h4-10H,11-17H2,1-3H3. The largest absolute Gasteiger partial charge is 0.491 e. The van der Waals surface area contributed by atoms with Crippen molar-refractivity contribution >= 4 is 11.0 Å². The molecular formula is C23H30N4O. The molecule has 1 saturated heterocycles. The van der Waals surface area contributed by atoms with Crippen LogP contribution in [-0.4, -0.2) is 59.2 Å². The van der Waals surface area contributed by atoms with Gasteiger partial charge in [0.05, 0.1) is 24.1 Å². The number of fused-ring (bicyclic) bond motifs is 1. The second-order valence-corrected chi connectivity index (χ2v) is 7.82. The van der Waals surface area contributed by atoms with E-state index in [1.54, 1.807) is 0 Å². The summed E-state index contributed by atoms with van der Waals surface area (Å²) in [7, 11) is 2.19. The number of nitrogens with zero attached hydrogens (tertiary/aromatic N) is 4. The van der Waals surface area contributed by atoms with Gasteiger partial charge in [-0.1, -0.05) is 30.3 Å². The molecule has 4 rings (SSSR count). The third kappa shape index (κ3) is 4.05. The fraction of sp³-hybridized carbons (Fsp3) is 0.435. The van der Waals surface area contributed by atoms with Crippen LogP contribution in [0.25, 0.3) is 11.0 Å². The Labute approximate surface area is 167 Å². The van der Waals surface area contributed by atoms with Crippen LogP contribution in [0, 0.1) is 13.8 Å². The number of para-hydroxylation sites is 3. The third-order valence-corrected chi connectivity index (χ3v) is 5.66. The van der Waals surface area contributed by atoms with Crippen LogP contribution in [0.4, 0.5) is 0 Å². The summed E-state index contributed by atoms with van der Waals surface area (Å²) in [6, 6.07) is 14.7. The first-order valence-corrected chi connectivity index (χ1v) is 10.2. The molecule has 28 heavy (non-hydrogen) atoms. The van der Waals surface area contributed by atoms with Crippen molar-refractivity contribution < 1.29 is 4.74 Å². The molecule has 0 bridgehead atoms. The summed E-state index contributed by atoms with van der Waals surface area (Å²) in [5.41, 5.74) is 4.64. The van der Waals surface area contributed by atoms with Crippen LogP contribution in [0.2, 0.25) is 0 Å². The number of hydrogen-bond acceptors (Lipinski definition) is 4. The maximum Gasteiger partial charge on any atom is 0.125 e. The highest BCUT2D eigenvalue weighted by molar-refractivity contribution is 5.75. The van der Waals surface area contributed by atoms with E-state index in [4.69, 9.17) is 9.72 Å². The normalized spacial score (nSPS) is 16.0. The summed E-state index contributed by atoms with van der Waals surface area (Å²) in [6.45, 7) is 11.0. The van der Waals surface area contributed by atoms with Gasteiger partial charge in [-0.15, -0.1) is 0 Å². The van der Waals surface area contributed by atoms with Crippen LogP contribution in [0.15, 0.2) is 42.5 Å². The number of piperazine rings is 1. The van der Waals surface area contributed by atoms with Gasteiger partial charge in [0.25, 0.3) is 0 Å². The molecule has 5 heteroatoms. The molecule has 5 nitrogen and oxygen atoms in total. The number of rotatable bonds is 6. The average molecular weight is 379 g/mol. The monoisotopic (exact) mass is 378 g/mol. The molecule has 148 valence electrons. The fourth-order valence-corrected chi connectivity index (χ4v) is 3.97. The molecule has 0 unspecified atom stereocenters. The number of aromatic nitrogens is 2. The van der Waals surface area contributed by atoms with E-state index < -0.39 is 0 Å². The number of hydrogen-bond donors (Lipinski definition) is 0. The maximum atomic E-state index is 6.18. The topological polar surface area (TPSA) is 33.5 Å². The van der Waals surface area contributed by atoms with Crippen LogP contribution >= 0.6 is 0 Å². The number of aryl methyl sites for hydroxylation is 2. The molecule has 2 aromatic carbocycles. The zero-order valence-electron chi connectivity index (χ0n) is 17.2. The zero-order chi connectivity index (χ0) is 19.5. The summed E-state index contributed by atoms with van der Waals surface area (Å²) < 4.78 is 8.51. The van der Waals surface area contributed by atoms with Gasteiger partial charge in [-0.05, 0) is 44.2 Å². The average Bonchev–Trinajstić information content (AvgIpc) is 3.03. The van der Waals surface area contributed by atoms with E-state index in [2.05, 4.69) is 77.7 Å². The first-order valence-electron chi connectivity index (χ1n) is 10.2. The molecule has 2 heterocycles. The molecular weight excluding hydrogens is 348 g/mol. The summed E-state index contributed by atoms with van der Waals surface area (Å²) in [5.74, 6) is 2.14. The lowest BCUT2D eigenvalue weighted by atomic mass is 10.1. The lowest BCUT2D eigenvalue weighted by Crippen LogP contribution is -2.44. The van der Waals surface area contributed by atoms with Crippen LogP contribution in [0.5, 0.6) is 5.75 Å². The van der Waals surface area contributed by atoms with Crippen LogP contribution < -0.4 is 4.74 Å². The van der Waals surface area contributed by atoms with Gasteiger partial charge >= 0.3 is 0 Å². The van der Waals surface area contributed by atoms with Crippen molar-refractivity contribution in [2.24, 2.45) is 0 Å². The lowest BCUT2D eigenvalue weighted by Gasteiger charge is -2.32. The van der Waals surface area contributed by atoms with Crippen molar-refractivity contribution in [3.05, 3.63) is 59.4 Å². The third-order valence-electron chi connectivity index (χ3n) is 5.66. The minimum Gasteiger partial charge on any atom is -0.491 e. The van der Waals surface area contributed by atoms with E-state index in [0.717, 1.165) is 56.4 Å². The van der Waals surface area contributed by atoms with Gasteiger partial charge in [0.2, 0.25) is 0 Å². The highest BCUT2D eigenvalue weighted by Crippen LogP contribution is 2.23. The number of benzene rings is 2. The first-order chi connectivity index (χ1) is 13.6. The summed E-state index contributed by atoms with van der Waals surface area (Å²) >= 11 is 0. The molecule has 0 aliphatic carbocycles. The molecule has 1 aromatic heterocycles. The number of imidazole rings is 1. The van der Waals surface area contributed by atoms with Gasteiger partial charge in [0.1, 0.15) is 18.2 Å². The summed E-state index contributed by atoms with van der Waals surface area (Å²) in [4.78, 5) is 9.83. The van der Waals surface area contributed by atoms with Gasteiger partial charge in [0, 0.05) is 26.2 Å². The van der Waals surface area contributed by atoms with E-state index >= 15 is 0 Å². The maximum absolute atomic E-state index is 6.18. The van der Waals surface area contributed by atoms with Gasteiger partial charge in [-0.2, -0.15) is 0 Å². The molecule has 0 saturated carbocycles. The molecule has 3 aromatic rings. The van der Waals surface area contributed by atoms with Gasteiger partial charge in [-0.25, -0.2) is 4.98 Å². The molecule has 0 N–H and O–H groups in total. The Hall–Kier alpha value is -2.37. The predicted molar refractivity (Wildman–Crippen MR) is 114 cm³/mol. The molecule has 0 spiro atoms. The van der Waals surface area contributed by atoms with Gasteiger partial charge in [-0.3, -0.25) is 4.90 Å². The predicted octanol–water partition coefficient (Wildman–Crippen LogP) is 3.48. The molecule has 1 aliphatic rings. The summed E-state index contributed by atoms with van der Waals surface area (Å²) in [5, 5.41) is 0. The minimum atomic E-state index is 0.641. The number of likely N-dealkylation sites (N-methyl/N-ethyl adjacent to an activating group) is 1. The van der Waals surface area contributed by atoms with Crippen LogP contribution in [0.1, 0.15) is 17.0 Å². The molecule has 1 fully saturated rings. The Morgan fingerprint density at radius 2 is 1.64 bits per heavy atom. The van der Waals surface area contributed by atoms with E-state index in [1.165, 1.54) is 16.6 Å². The Bertz CT molecular complexity index is 921. The molecule has 1 aliphatic heterocycles. The highest BCUT2D eigenvalue weighted by atomic mass is 16.5. The first kappa shape index (κ1) is 19.0. The van der Waals surface area contributed by atoms with E-state index in [-0.39, 0.29) is 0 Å². The zero-order valence-corrected chi connectivity index (χ0v) is 17.2. The Morgan fingerprint density at radius 3 is 2.39 bits per heavy atom. The lowest BCUT2D eigenvalue weighted by molar-refractivity contribution is 0.144. The van der Waals surface area contributed by atoms with Crippen molar-refractivity contribution in [1.29, 1.82) is 0 Å². The highest BCUT2D eigenvalue weighted by Gasteiger charge is 2.18. The summed E-state index contributed by atoms with van der Waals surface area (Å²) in [6.07, 6.45) is 0. The van der Waals surface area contributed by atoms with Crippen LogP contribution in [-0.2, 0) is 13.1 Å². The van der Waals surface area contributed by atoms with Crippen LogP contribution in [0.3, 0.4) is 0 Å². The SMILES string of the molecule is Cc1cccc(C)c1OCCn1c(CN2CCN(C)CC2)nc2ccccc21. The van der Waals surface area contributed by atoms with Crippen molar-refractivity contribution in [2.75, 3.05) is 39.8 Å². The fourth-order valence-electron chi connectivity index (χ4n) is 3.97. The van der Waals surface area contributed by atoms with E-state index in [1.807, 2.05) is 0 Å². The molecule has 0 radical (unpaired) electrons. The smallest absolute Gasteiger partial charge is 0.125 e. The second-order valence-electron chi connectivity index (χ2n) is 7.82. The van der Waals surface area contributed by atoms with Gasteiger partial charge < -0.3 is 14.2 Å². The Balaban J connectivity index is 1.52. The number of ether oxygens (including phenoxy) is 1. The Kier molecular flexibility index (Phi) is 5.64. The Morgan fingerprint density at radius 1 is 0.929 bits per heavy atom. The van der Waals surface area contributed by atoms with Crippen molar-refractivity contribution in [3.8, 4) is 5.75 Å². The molecule has 0 amide bonds. The second kappa shape index (κ2) is 8.33. The minimum absolute atomic E-state index is 0.641. The molecule has 0 atom stereocenters. The van der Waals surface area contributed by atoms with Crippen molar-refractivity contribution in [2.45, 2.75) is 26.9 Å². The van der Waals surface area contributed by atoms with Gasteiger partial charge in [0.15, 0.2) is 0 Å². The quantitative estimate of drug-likeness (QED) is 0.658. The van der Waals surface area contributed by atoms with E-state index in [0.29, 0.717) is 6.61 Å².